The van der Waals surface area contributed by atoms with Gasteiger partial charge in [-0.15, -0.1) is 13.2 Å². The van der Waals surface area contributed by atoms with E-state index in [-0.39, 0.29) is 5.41 Å². The van der Waals surface area contributed by atoms with Gasteiger partial charge in [-0.05, 0) is 74.5 Å². The molecule has 0 aliphatic rings. The largest absolute Gasteiger partial charge is 0.100 e. The number of allylic oxidation sites excluding steroid dienone is 6. The van der Waals surface area contributed by atoms with E-state index in [9.17, 15) is 0 Å². The first-order valence-corrected chi connectivity index (χ1v) is 15.2. The predicted octanol–water partition coefficient (Wildman–Crippen LogP) is 13.4. The van der Waals surface area contributed by atoms with Gasteiger partial charge in [-0.25, -0.2) is 0 Å². The zero-order valence-electron chi connectivity index (χ0n) is 28.2. The minimum absolute atomic E-state index is 0.259. The van der Waals surface area contributed by atoms with Crippen molar-refractivity contribution in [3.8, 4) is 0 Å². The molecule has 0 spiro atoms. The van der Waals surface area contributed by atoms with Crippen molar-refractivity contribution in [2.24, 2.45) is 11.3 Å². The van der Waals surface area contributed by atoms with Crippen LogP contribution in [0.3, 0.4) is 0 Å². The lowest BCUT2D eigenvalue weighted by Gasteiger charge is -2.36. The fourth-order valence-electron chi connectivity index (χ4n) is 3.81. The van der Waals surface area contributed by atoms with Crippen LogP contribution in [0.25, 0.3) is 5.57 Å². The lowest BCUT2D eigenvalue weighted by molar-refractivity contribution is 0.243. The molecule has 0 bridgehead atoms. The summed E-state index contributed by atoms with van der Waals surface area (Å²) in [6.07, 6.45) is 11.6. The van der Waals surface area contributed by atoms with E-state index in [2.05, 4.69) is 112 Å². The predicted molar refractivity (Wildman–Crippen MR) is 179 cm³/mol. The topological polar surface area (TPSA) is 0 Å². The summed E-state index contributed by atoms with van der Waals surface area (Å²) < 4.78 is 0. The van der Waals surface area contributed by atoms with Crippen LogP contribution in [0.1, 0.15) is 147 Å². The van der Waals surface area contributed by atoms with E-state index in [0.29, 0.717) is 0 Å². The standard InChI is InChI=1S/C23H36.2C5H10.2C2H6/c1-8-18-14-13-15-20(16-18)19(9-2)17-22(12-5)23(6,7)21(10-3)11-4;2*1-4-5(2)3;2*1-2/h9,13-17,21H,8,10-12H2,1-7H3;2*2,4H2,1,3H3;2*1-2H3/b19-9+,22-17+;;;;. The number of benzene rings is 1. The minimum atomic E-state index is 0.259. The van der Waals surface area contributed by atoms with E-state index < -0.39 is 0 Å². The first-order chi connectivity index (χ1) is 17.5. The van der Waals surface area contributed by atoms with Gasteiger partial charge in [-0.2, -0.15) is 0 Å². The Morgan fingerprint density at radius 3 is 1.54 bits per heavy atom. The van der Waals surface area contributed by atoms with Crippen molar-refractivity contribution in [2.75, 3.05) is 0 Å². The number of hydrogen-bond acceptors (Lipinski definition) is 0. The van der Waals surface area contributed by atoms with Crippen molar-refractivity contribution in [3.05, 3.63) is 77.4 Å². The third-order valence-corrected chi connectivity index (χ3v) is 6.73. The second-order valence-corrected chi connectivity index (χ2v) is 9.68. The quantitative estimate of drug-likeness (QED) is 0.216. The van der Waals surface area contributed by atoms with Gasteiger partial charge in [0.1, 0.15) is 0 Å². The monoisotopic (exact) mass is 513 g/mol. The van der Waals surface area contributed by atoms with Crippen LogP contribution in [0.5, 0.6) is 0 Å². The fourth-order valence-corrected chi connectivity index (χ4v) is 3.81. The third kappa shape index (κ3) is 19.9. The first kappa shape index (κ1) is 42.3. The van der Waals surface area contributed by atoms with Crippen LogP contribution in [0.2, 0.25) is 0 Å². The second kappa shape index (κ2) is 27.2. The van der Waals surface area contributed by atoms with Crippen LogP contribution in [0.4, 0.5) is 0 Å². The van der Waals surface area contributed by atoms with Crippen molar-refractivity contribution in [3.63, 3.8) is 0 Å². The highest BCUT2D eigenvalue weighted by Gasteiger charge is 2.29. The van der Waals surface area contributed by atoms with E-state index in [1.165, 1.54) is 40.7 Å². The molecule has 0 aliphatic carbocycles. The molecule has 1 aromatic carbocycles. The minimum Gasteiger partial charge on any atom is -0.100 e. The zero-order chi connectivity index (χ0) is 30.0. The SMILES string of the molecule is C/C=C(\C=C(/CC)C(C)(C)C(CC)CC)c1cccc(CC)c1.C=C(C)CC.C=C(C)CC.CC.CC. The Morgan fingerprint density at radius 1 is 0.811 bits per heavy atom. The molecule has 0 heteroatoms. The molecule has 0 heterocycles. The van der Waals surface area contributed by atoms with Crippen molar-refractivity contribution < 1.29 is 0 Å². The van der Waals surface area contributed by atoms with Crippen molar-refractivity contribution >= 4 is 5.57 Å². The van der Waals surface area contributed by atoms with Gasteiger partial charge in [0.2, 0.25) is 0 Å². The Kier molecular flexibility index (Phi) is 31.1. The van der Waals surface area contributed by atoms with Crippen LogP contribution in [-0.4, -0.2) is 0 Å². The van der Waals surface area contributed by atoms with Crippen LogP contribution in [-0.2, 0) is 6.42 Å². The Bertz CT molecular complexity index is 721. The lowest BCUT2D eigenvalue weighted by Crippen LogP contribution is -2.25. The van der Waals surface area contributed by atoms with Crippen molar-refractivity contribution in [1.82, 2.24) is 0 Å². The molecule has 0 aliphatic heterocycles. The van der Waals surface area contributed by atoms with Gasteiger partial charge < -0.3 is 0 Å². The van der Waals surface area contributed by atoms with E-state index in [4.69, 9.17) is 0 Å². The van der Waals surface area contributed by atoms with E-state index >= 15 is 0 Å². The molecule has 0 aromatic heterocycles. The fraction of sp³-hybridized carbons (Fsp3) is 0.622. The van der Waals surface area contributed by atoms with Gasteiger partial charge in [0.05, 0.1) is 0 Å². The highest BCUT2D eigenvalue weighted by atomic mass is 14.3. The summed E-state index contributed by atoms with van der Waals surface area (Å²) in [7, 11) is 0. The molecule has 0 radical (unpaired) electrons. The summed E-state index contributed by atoms with van der Waals surface area (Å²) in [4.78, 5) is 0. The van der Waals surface area contributed by atoms with Gasteiger partial charge in [0, 0.05) is 0 Å². The maximum Gasteiger partial charge on any atom is -0.0113 e. The van der Waals surface area contributed by atoms with Crippen LogP contribution in [0.15, 0.2) is 66.3 Å². The lowest BCUT2D eigenvalue weighted by atomic mass is 9.69. The number of aryl methyl sites for hydroxylation is 1. The zero-order valence-corrected chi connectivity index (χ0v) is 28.2. The molecule has 1 rings (SSSR count). The molecule has 0 fully saturated rings. The molecule has 216 valence electrons. The second-order valence-electron chi connectivity index (χ2n) is 9.68. The molecule has 0 nitrogen and oxygen atoms in total. The smallest absolute Gasteiger partial charge is 0.0113 e. The van der Waals surface area contributed by atoms with Gasteiger partial charge in [-0.1, -0.05) is 149 Å². The normalized spacial score (nSPS) is 10.9. The molecular formula is C37H68. The first-order valence-electron chi connectivity index (χ1n) is 15.2. The highest BCUT2D eigenvalue weighted by molar-refractivity contribution is 5.75. The summed E-state index contributed by atoms with van der Waals surface area (Å²) >= 11 is 0. The van der Waals surface area contributed by atoms with E-state index in [1.807, 2.05) is 41.5 Å². The van der Waals surface area contributed by atoms with Crippen LogP contribution in [0, 0.1) is 11.3 Å². The summed E-state index contributed by atoms with van der Waals surface area (Å²) in [5, 5.41) is 0. The Morgan fingerprint density at radius 2 is 1.24 bits per heavy atom. The number of rotatable bonds is 10. The van der Waals surface area contributed by atoms with E-state index in [0.717, 1.165) is 31.6 Å². The van der Waals surface area contributed by atoms with Crippen molar-refractivity contribution in [1.29, 1.82) is 0 Å². The molecule has 0 saturated heterocycles. The Balaban J connectivity index is -0.000000322. The molecule has 0 unspecified atom stereocenters. The van der Waals surface area contributed by atoms with Gasteiger partial charge in [0.15, 0.2) is 0 Å². The molecule has 0 saturated carbocycles. The molecule has 0 N–H and O–H groups in total. The highest BCUT2D eigenvalue weighted by Crippen LogP contribution is 2.41. The molecule has 0 atom stereocenters. The number of hydrogen-bond donors (Lipinski definition) is 0. The maximum absolute atomic E-state index is 3.67. The Hall–Kier alpha value is -1.82. The van der Waals surface area contributed by atoms with E-state index in [1.54, 1.807) is 5.57 Å². The summed E-state index contributed by atoms with van der Waals surface area (Å²) in [6, 6.07) is 8.98. The summed E-state index contributed by atoms with van der Waals surface area (Å²) in [6.45, 7) is 39.8. The molecule has 0 amide bonds. The molecular weight excluding hydrogens is 444 g/mol. The van der Waals surface area contributed by atoms with Gasteiger partial charge in [-0.3, -0.25) is 0 Å². The van der Waals surface area contributed by atoms with Crippen molar-refractivity contribution in [2.45, 2.75) is 142 Å². The summed E-state index contributed by atoms with van der Waals surface area (Å²) in [5.74, 6) is 0.744. The molecule has 1 aromatic rings. The third-order valence-electron chi connectivity index (χ3n) is 6.73. The van der Waals surface area contributed by atoms with Gasteiger partial charge in [0.25, 0.3) is 0 Å². The van der Waals surface area contributed by atoms with Crippen LogP contribution < -0.4 is 0 Å². The van der Waals surface area contributed by atoms with Gasteiger partial charge >= 0.3 is 0 Å². The Labute approximate surface area is 236 Å². The summed E-state index contributed by atoms with van der Waals surface area (Å²) in [5.41, 5.74) is 8.45. The average Bonchev–Trinajstić information content (AvgIpc) is 2.92. The molecule has 37 heavy (non-hydrogen) atoms. The maximum atomic E-state index is 3.67. The van der Waals surface area contributed by atoms with Crippen LogP contribution >= 0.6 is 0 Å². The average molecular weight is 513 g/mol.